The molecule has 7 heteroatoms. The fraction of sp³-hybridized carbons (Fsp3) is 0.844. The van der Waals surface area contributed by atoms with E-state index in [2.05, 4.69) is 20.8 Å². The number of rotatable bonds is 9. The summed E-state index contributed by atoms with van der Waals surface area (Å²) in [5.41, 5.74) is 2.07. The molecule has 218 valence electrons. The van der Waals surface area contributed by atoms with Gasteiger partial charge in [-0.1, -0.05) is 13.8 Å². The van der Waals surface area contributed by atoms with Crippen molar-refractivity contribution >= 4 is 17.9 Å². The zero-order valence-electron chi connectivity index (χ0n) is 24.3. The number of carbonyl (C=O) groups excluding carboxylic acids is 2. The van der Waals surface area contributed by atoms with E-state index in [0.29, 0.717) is 41.3 Å². The summed E-state index contributed by atoms with van der Waals surface area (Å²) in [6, 6.07) is 0. The second kappa shape index (κ2) is 11.1. The van der Waals surface area contributed by atoms with Gasteiger partial charge in [-0.25, -0.2) is 0 Å². The number of carboxylic acid groups (broad SMARTS) is 1. The molecule has 39 heavy (non-hydrogen) atoms. The number of carbonyl (C=O) groups is 3. The standard InChI is InChI=1S/C32H48O7/c1-19-26(7-5-6-16-37-20(2)33)39-27-18-25-23-9-8-21-17-22(38-29(36)11-10-28(34)35)12-14-31(21,3)24(23)13-15-32(25,4)30(19)27/h21-25,27,30H,5-18H2,1-4H3,(H,34,35)/t21-,22+,23+,24-,25-,27-,30-,31-,32-/m0/s1. The molecule has 0 amide bonds. The average Bonchev–Trinajstić information content (AvgIpc) is 3.35. The molecule has 0 saturated heterocycles. The minimum absolute atomic E-state index is 0.0347. The highest BCUT2D eigenvalue weighted by atomic mass is 16.5. The third-order valence-electron chi connectivity index (χ3n) is 11.8. The lowest BCUT2D eigenvalue weighted by Gasteiger charge is -2.61. The maximum absolute atomic E-state index is 12.2. The molecular weight excluding hydrogens is 496 g/mol. The van der Waals surface area contributed by atoms with Crippen molar-refractivity contribution in [1.29, 1.82) is 0 Å². The van der Waals surface area contributed by atoms with Gasteiger partial charge in [-0.2, -0.15) is 0 Å². The van der Waals surface area contributed by atoms with Crippen molar-refractivity contribution in [1.82, 2.24) is 0 Å². The van der Waals surface area contributed by atoms with Crippen molar-refractivity contribution in [2.24, 2.45) is 40.4 Å². The first-order valence-electron chi connectivity index (χ1n) is 15.4. The van der Waals surface area contributed by atoms with Gasteiger partial charge in [0.2, 0.25) is 0 Å². The Labute approximate surface area is 233 Å². The number of hydrogen-bond acceptors (Lipinski definition) is 6. The van der Waals surface area contributed by atoms with Crippen LogP contribution in [-0.2, 0) is 28.6 Å². The highest BCUT2D eigenvalue weighted by molar-refractivity contribution is 5.76. The zero-order chi connectivity index (χ0) is 27.9. The molecule has 4 aliphatic carbocycles. The van der Waals surface area contributed by atoms with Gasteiger partial charge in [-0.05, 0) is 111 Å². The van der Waals surface area contributed by atoms with Gasteiger partial charge in [0, 0.05) is 19.3 Å². The molecule has 0 aromatic heterocycles. The van der Waals surface area contributed by atoms with Crippen molar-refractivity contribution < 1.29 is 33.7 Å². The molecule has 0 unspecified atom stereocenters. The number of carboxylic acids is 1. The molecule has 1 aliphatic heterocycles. The highest BCUT2D eigenvalue weighted by Gasteiger charge is 2.64. The maximum atomic E-state index is 12.2. The molecule has 1 N–H and O–H groups in total. The number of unbranched alkanes of at least 4 members (excludes halogenated alkanes) is 1. The Kier molecular flexibility index (Phi) is 8.09. The minimum Gasteiger partial charge on any atom is -0.494 e. The molecule has 7 nitrogen and oxygen atoms in total. The summed E-state index contributed by atoms with van der Waals surface area (Å²) in [4.78, 5) is 34.0. The lowest BCUT2D eigenvalue weighted by atomic mass is 9.44. The Morgan fingerprint density at radius 2 is 1.74 bits per heavy atom. The molecular formula is C32H48O7. The molecule has 9 atom stereocenters. The smallest absolute Gasteiger partial charge is 0.306 e. The van der Waals surface area contributed by atoms with E-state index in [0.717, 1.165) is 50.4 Å². The summed E-state index contributed by atoms with van der Waals surface area (Å²) < 4.78 is 17.5. The van der Waals surface area contributed by atoms with Gasteiger partial charge in [0.25, 0.3) is 0 Å². The third-order valence-corrected chi connectivity index (χ3v) is 11.8. The predicted octanol–water partition coefficient (Wildman–Crippen LogP) is 6.44. The second-order valence-corrected chi connectivity index (χ2v) is 13.8. The van der Waals surface area contributed by atoms with Crippen LogP contribution in [0.1, 0.15) is 111 Å². The molecule has 4 saturated carbocycles. The Morgan fingerprint density at radius 3 is 2.49 bits per heavy atom. The van der Waals surface area contributed by atoms with E-state index in [-0.39, 0.29) is 30.9 Å². The molecule has 0 bridgehead atoms. The van der Waals surface area contributed by atoms with Crippen molar-refractivity contribution in [2.75, 3.05) is 6.61 Å². The van der Waals surface area contributed by atoms with Crippen LogP contribution in [0.2, 0.25) is 0 Å². The number of ether oxygens (including phenoxy) is 3. The van der Waals surface area contributed by atoms with Crippen molar-refractivity contribution in [3.8, 4) is 0 Å². The molecule has 0 radical (unpaired) electrons. The van der Waals surface area contributed by atoms with Gasteiger partial charge in [-0.3, -0.25) is 14.4 Å². The molecule has 0 aromatic rings. The molecule has 4 fully saturated rings. The quantitative estimate of drug-likeness (QED) is 0.263. The van der Waals surface area contributed by atoms with E-state index < -0.39 is 5.97 Å². The van der Waals surface area contributed by atoms with Gasteiger partial charge in [0.15, 0.2) is 0 Å². The Hall–Kier alpha value is -2.05. The average molecular weight is 545 g/mol. The number of fused-ring (bicyclic) bond motifs is 7. The largest absolute Gasteiger partial charge is 0.494 e. The summed E-state index contributed by atoms with van der Waals surface area (Å²) in [5, 5.41) is 8.87. The van der Waals surface area contributed by atoms with Crippen LogP contribution in [0.15, 0.2) is 11.3 Å². The van der Waals surface area contributed by atoms with Gasteiger partial charge in [-0.15, -0.1) is 0 Å². The summed E-state index contributed by atoms with van der Waals surface area (Å²) in [6.07, 6.45) is 12.0. The predicted molar refractivity (Wildman–Crippen MR) is 145 cm³/mol. The highest BCUT2D eigenvalue weighted by Crippen LogP contribution is 2.69. The lowest BCUT2D eigenvalue weighted by molar-refractivity contribution is -0.163. The van der Waals surface area contributed by atoms with E-state index in [1.54, 1.807) is 0 Å². The van der Waals surface area contributed by atoms with Crippen LogP contribution in [0.5, 0.6) is 0 Å². The first-order valence-corrected chi connectivity index (χ1v) is 15.4. The minimum atomic E-state index is -0.953. The van der Waals surface area contributed by atoms with E-state index in [4.69, 9.17) is 19.3 Å². The van der Waals surface area contributed by atoms with E-state index in [1.165, 1.54) is 50.4 Å². The van der Waals surface area contributed by atoms with Gasteiger partial charge >= 0.3 is 17.9 Å². The monoisotopic (exact) mass is 544 g/mol. The lowest BCUT2D eigenvalue weighted by Crippen LogP contribution is -2.54. The van der Waals surface area contributed by atoms with E-state index in [1.807, 2.05) is 0 Å². The Bertz CT molecular complexity index is 1000. The van der Waals surface area contributed by atoms with Crippen LogP contribution in [-0.4, -0.2) is 41.8 Å². The van der Waals surface area contributed by atoms with Crippen LogP contribution < -0.4 is 0 Å². The Balaban J connectivity index is 1.20. The zero-order valence-corrected chi connectivity index (χ0v) is 24.3. The van der Waals surface area contributed by atoms with Crippen molar-refractivity contribution in [3.05, 3.63) is 11.3 Å². The molecule has 5 rings (SSSR count). The number of hydrogen-bond donors (Lipinski definition) is 1. The third kappa shape index (κ3) is 5.36. The van der Waals surface area contributed by atoms with Crippen LogP contribution in [0, 0.1) is 40.4 Å². The van der Waals surface area contributed by atoms with Crippen LogP contribution in [0.3, 0.4) is 0 Å². The summed E-state index contributed by atoms with van der Waals surface area (Å²) in [6.45, 7) is 9.33. The second-order valence-electron chi connectivity index (χ2n) is 13.8. The first-order chi connectivity index (χ1) is 18.5. The fourth-order valence-corrected chi connectivity index (χ4v) is 9.97. The summed E-state index contributed by atoms with van der Waals surface area (Å²) in [7, 11) is 0. The van der Waals surface area contributed by atoms with Gasteiger partial charge in [0.05, 0.1) is 25.2 Å². The van der Waals surface area contributed by atoms with Crippen molar-refractivity contribution in [3.63, 3.8) is 0 Å². The number of allylic oxidation sites excluding steroid dienone is 1. The van der Waals surface area contributed by atoms with E-state index in [9.17, 15) is 14.4 Å². The molecule has 0 aromatic carbocycles. The summed E-state index contributed by atoms with van der Waals surface area (Å²) in [5.74, 6) is 2.94. The van der Waals surface area contributed by atoms with E-state index >= 15 is 0 Å². The number of esters is 2. The van der Waals surface area contributed by atoms with Crippen LogP contribution in [0.4, 0.5) is 0 Å². The van der Waals surface area contributed by atoms with Crippen molar-refractivity contribution in [2.45, 2.75) is 123 Å². The molecule has 1 heterocycles. The SMILES string of the molecule is CC(=O)OCCCCC1=C(C)[C@H]2[C@H](C[C@H]3[C@@H]4CC[C@H]5C[C@H](OC(=O)CCC(=O)O)CC[C@]5(C)[C@H]4CC[C@@]32C)O1. The molecule has 0 spiro atoms. The first kappa shape index (κ1) is 28.5. The Morgan fingerprint density at radius 1 is 0.974 bits per heavy atom. The maximum Gasteiger partial charge on any atom is 0.306 e. The summed E-state index contributed by atoms with van der Waals surface area (Å²) >= 11 is 0. The van der Waals surface area contributed by atoms with Gasteiger partial charge in [0.1, 0.15) is 12.2 Å². The topological polar surface area (TPSA) is 99.1 Å². The van der Waals surface area contributed by atoms with Gasteiger partial charge < -0.3 is 19.3 Å². The molecule has 5 aliphatic rings. The number of aliphatic carboxylic acids is 1. The van der Waals surface area contributed by atoms with Crippen LogP contribution in [0.25, 0.3) is 0 Å². The normalized spacial score (nSPS) is 40.6. The van der Waals surface area contributed by atoms with Crippen LogP contribution >= 0.6 is 0 Å². The fourth-order valence-electron chi connectivity index (χ4n) is 9.97.